The van der Waals surface area contributed by atoms with E-state index in [2.05, 4.69) is 28.1 Å². The maximum atomic E-state index is 5.83. The Morgan fingerprint density at radius 2 is 1.84 bits per heavy atom. The topological polar surface area (TPSA) is 35.2 Å². The van der Waals surface area contributed by atoms with Crippen LogP contribution in [0.4, 0.5) is 0 Å². The second-order valence-corrected chi connectivity index (χ2v) is 5.96. The van der Waals surface area contributed by atoms with E-state index in [-0.39, 0.29) is 0 Å². The van der Waals surface area contributed by atoms with Gasteiger partial charge in [0.1, 0.15) is 5.75 Å². The summed E-state index contributed by atoms with van der Waals surface area (Å²) in [5.41, 5.74) is 6.74. The van der Waals surface area contributed by atoms with Crippen LogP contribution in [0.15, 0.2) is 57.9 Å². The SMILES string of the molecule is NCc1cccc(Br)c1OCCSc1ccccc1. The van der Waals surface area contributed by atoms with Crippen LogP contribution in [0.25, 0.3) is 0 Å². The zero-order chi connectivity index (χ0) is 13.5. The molecule has 0 aliphatic carbocycles. The van der Waals surface area contributed by atoms with E-state index in [1.54, 1.807) is 11.8 Å². The van der Waals surface area contributed by atoms with Crippen molar-refractivity contribution < 1.29 is 4.74 Å². The van der Waals surface area contributed by atoms with Crippen molar-refractivity contribution in [2.75, 3.05) is 12.4 Å². The van der Waals surface area contributed by atoms with E-state index in [1.807, 2.05) is 36.4 Å². The predicted molar refractivity (Wildman–Crippen MR) is 84.7 cm³/mol. The van der Waals surface area contributed by atoms with Crippen LogP contribution in [0.5, 0.6) is 5.75 Å². The first-order valence-electron chi connectivity index (χ1n) is 6.09. The quantitative estimate of drug-likeness (QED) is 0.637. The number of benzene rings is 2. The summed E-state index contributed by atoms with van der Waals surface area (Å²) in [4.78, 5) is 1.26. The van der Waals surface area contributed by atoms with E-state index in [4.69, 9.17) is 10.5 Å². The molecule has 0 atom stereocenters. The van der Waals surface area contributed by atoms with Gasteiger partial charge in [0, 0.05) is 22.8 Å². The molecule has 0 radical (unpaired) electrons. The van der Waals surface area contributed by atoms with Crippen LogP contribution >= 0.6 is 27.7 Å². The molecule has 2 aromatic carbocycles. The van der Waals surface area contributed by atoms with E-state index < -0.39 is 0 Å². The fourth-order valence-electron chi connectivity index (χ4n) is 1.70. The molecule has 0 aromatic heterocycles. The molecule has 0 bridgehead atoms. The lowest BCUT2D eigenvalue weighted by Gasteiger charge is -2.12. The molecule has 0 heterocycles. The second-order valence-electron chi connectivity index (χ2n) is 3.94. The van der Waals surface area contributed by atoms with E-state index >= 15 is 0 Å². The van der Waals surface area contributed by atoms with Gasteiger partial charge in [0.05, 0.1) is 11.1 Å². The van der Waals surface area contributed by atoms with Crippen LogP contribution in [0, 0.1) is 0 Å². The summed E-state index contributed by atoms with van der Waals surface area (Å²) in [6, 6.07) is 16.3. The highest BCUT2D eigenvalue weighted by molar-refractivity contribution is 9.10. The Morgan fingerprint density at radius 3 is 2.58 bits per heavy atom. The van der Waals surface area contributed by atoms with Crippen molar-refractivity contribution in [1.82, 2.24) is 0 Å². The first-order chi connectivity index (χ1) is 9.31. The maximum Gasteiger partial charge on any atom is 0.137 e. The minimum Gasteiger partial charge on any atom is -0.491 e. The van der Waals surface area contributed by atoms with Gasteiger partial charge in [-0.3, -0.25) is 0 Å². The summed E-state index contributed by atoms with van der Waals surface area (Å²) in [7, 11) is 0. The number of ether oxygens (including phenoxy) is 1. The van der Waals surface area contributed by atoms with Crippen LogP contribution in [-0.2, 0) is 6.54 Å². The molecule has 0 amide bonds. The van der Waals surface area contributed by atoms with Crippen LogP contribution in [0.1, 0.15) is 5.56 Å². The third-order valence-electron chi connectivity index (χ3n) is 2.61. The van der Waals surface area contributed by atoms with Crippen molar-refractivity contribution >= 4 is 27.7 Å². The largest absolute Gasteiger partial charge is 0.491 e. The van der Waals surface area contributed by atoms with E-state index in [0.29, 0.717) is 13.2 Å². The zero-order valence-electron chi connectivity index (χ0n) is 10.5. The molecule has 4 heteroatoms. The minimum absolute atomic E-state index is 0.487. The third-order valence-corrected chi connectivity index (χ3v) is 4.21. The van der Waals surface area contributed by atoms with Gasteiger partial charge in [0.25, 0.3) is 0 Å². The minimum atomic E-state index is 0.487. The van der Waals surface area contributed by atoms with Crippen LogP contribution in [0.2, 0.25) is 0 Å². The number of para-hydroxylation sites is 1. The summed E-state index contributed by atoms with van der Waals surface area (Å²) >= 11 is 5.29. The van der Waals surface area contributed by atoms with Crippen LogP contribution < -0.4 is 10.5 Å². The molecular weight excluding hydrogens is 322 g/mol. The molecule has 0 spiro atoms. The second kappa shape index (κ2) is 7.58. The predicted octanol–water partition coefficient (Wildman–Crippen LogP) is 4.08. The highest BCUT2D eigenvalue weighted by Crippen LogP contribution is 2.29. The van der Waals surface area contributed by atoms with Crippen molar-refractivity contribution in [2.45, 2.75) is 11.4 Å². The smallest absolute Gasteiger partial charge is 0.137 e. The van der Waals surface area contributed by atoms with Gasteiger partial charge in [-0.05, 0) is 34.1 Å². The van der Waals surface area contributed by atoms with Crippen LogP contribution in [-0.4, -0.2) is 12.4 Å². The van der Waals surface area contributed by atoms with E-state index in [1.165, 1.54) is 4.90 Å². The molecule has 2 rings (SSSR count). The van der Waals surface area contributed by atoms with Crippen LogP contribution in [0.3, 0.4) is 0 Å². The lowest BCUT2D eigenvalue weighted by atomic mass is 10.2. The monoisotopic (exact) mass is 337 g/mol. The normalized spacial score (nSPS) is 10.4. The van der Waals surface area contributed by atoms with Gasteiger partial charge < -0.3 is 10.5 Å². The van der Waals surface area contributed by atoms with Crippen molar-refractivity contribution in [3.05, 3.63) is 58.6 Å². The van der Waals surface area contributed by atoms with Gasteiger partial charge in [-0.25, -0.2) is 0 Å². The summed E-state index contributed by atoms with van der Waals surface area (Å²) < 4.78 is 6.79. The molecule has 2 N–H and O–H groups in total. The van der Waals surface area contributed by atoms with Gasteiger partial charge in [0.2, 0.25) is 0 Å². The van der Waals surface area contributed by atoms with Crippen molar-refractivity contribution in [2.24, 2.45) is 5.73 Å². The number of rotatable bonds is 6. The number of halogens is 1. The average Bonchev–Trinajstić information content (AvgIpc) is 2.46. The Labute approximate surface area is 126 Å². The summed E-state index contributed by atoms with van der Waals surface area (Å²) in [5, 5.41) is 0. The Kier molecular flexibility index (Phi) is 5.76. The average molecular weight is 338 g/mol. The Bertz CT molecular complexity index is 519. The Balaban J connectivity index is 1.86. The molecule has 0 saturated carbocycles. The maximum absolute atomic E-state index is 5.83. The Hall–Kier alpha value is -0.970. The van der Waals surface area contributed by atoms with Crippen molar-refractivity contribution in [3.8, 4) is 5.75 Å². The molecule has 0 aliphatic rings. The summed E-state index contributed by atoms with van der Waals surface area (Å²) in [5.74, 6) is 1.77. The third kappa shape index (κ3) is 4.27. The number of thioether (sulfide) groups is 1. The summed E-state index contributed by atoms with van der Waals surface area (Å²) in [6.07, 6.45) is 0. The van der Waals surface area contributed by atoms with Crippen molar-refractivity contribution in [3.63, 3.8) is 0 Å². The lowest BCUT2D eigenvalue weighted by Crippen LogP contribution is -2.05. The summed E-state index contributed by atoms with van der Waals surface area (Å²) in [6.45, 7) is 1.15. The number of nitrogens with two attached hydrogens (primary N) is 1. The fraction of sp³-hybridized carbons (Fsp3) is 0.200. The molecular formula is C15H16BrNOS. The Morgan fingerprint density at radius 1 is 1.05 bits per heavy atom. The number of hydrogen-bond donors (Lipinski definition) is 1. The van der Waals surface area contributed by atoms with E-state index in [0.717, 1.165) is 21.5 Å². The molecule has 100 valence electrons. The molecule has 2 aromatic rings. The molecule has 0 fully saturated rings. The van der Waals surface area contributed by atoms with E-state index in [9.17, 15) is 0 Å². The lowest BCUT2D eigenvalue weighted by molar-refractivity contribution is 0.338. The standard InChI is InChI=1S/C15H16BrNOS/c16-14-8-4-5-12(11-17)15(14)18-9-10-19-13-6-2-1-3-7-13/h1-8H,9-11,17H2. The molecule has 19 heavy (non-hydrogen) atoms. The fourth-order valence-corrected chi connectivity index (χ4v) is 2.97. The molecule has 2 nitrogen and oxygen atoms in total. The van der Waals surface area contributed by atoms with Gasteiger partial charge >= 0.3 is 0 Å². The van der Waals surface area contributed by atoms with Gasteiger partial charge in [0.15, 0.2) is 0 Å². The van der Waals surface area contributed by atoms with Crippen molar-refractivity contribution in [1.29, 1.82) is 0 Å². The van der Waals surface area contributed by atoms with Gasteiger partial charge in [-0.2, -0.15) is 0 Å². The first-order valence-corrected chi connectivity index (χ1v) is 7.87. The first kappa shape index (κ1) is 14.4. The molecule has 0 unspecified atom stereocenters. The highest BCUT2D eigenvalue weighted by atomic mass is 79.9. The molecule has 0 aliphatic heterocycles. The van der Waals surface area contributed by atoms with Gasteiger partial charge in [-0.15, -0.1) is 11.8 Å². The molecule has 0 saturated heterocycles. The zero-order valence-corrected chi connectivity index (χ0v) is 12.9. The van der Waals surface area contributed by atoms with Gasteiger partial charge in [-0.1, -0.05) is 30.3 Å². The highest BCUT2D eigenvalue weighted by Gasteiger charge is 2.06. The number of hydrogen-bond acceptors (Lipinski definition) is 3.